The second kappa shape index (κ2) is 7.75. The average molecular weight is 381 g/mol. The molecule has 0 radical (unpaired) electrons. The van der Waals surface area contributed by atoms with Gasteiger partial charge in [0.05, 0.1) is 0 Å². The van der Waals surface area contributed by atoms with E-state index in [-0.39, 0.29) is 0 Å². The largest absolute Gasteiger partial charge is 0.354 e. The van der Waals surface area contributed by atoms with Gasteiger partial charge >= 0.3 is 0 Å². The molecule has 0 amide bonds. The minimum Gasteiger partial charge on any atom is -0.354 e. The van der Waals surface area contributed by atoms with Crippen LogP contribution in [0.4, 0.5) is 5.82 Å². The first-order chi connectivity index (χ1) is 12.6. The number of piperidine rings is 1. The summed E-state index contributed by atoms with van der Waals surface area (Å²) in [5, 5.41) is 3.38. The van der Waals surface area contributed by atoms with E-state index in [4.69, 9.17) is 0 Å². The lowest BCUT2D eigenvalue weighted by Gasteiger charge is -2.36. The molecule has 0 saturated carbocycles. The van der Waals surface area contributed by atoms with Gasteiger partial charge < -0.3 is 10.2 Å². The van der Waals surface area contributed by atoms with E-state index in [1.807, 2.05) is 0 Å². The summed E-state index contributed by atoms with van der Waals surface area (Å²) in [6.45, 7) is 5.79. The van der Waals surface area contributed by atoms with Gasteiger partial charge in [-0.2, -0.15) is 17.0 Å². The van der Waals surface area contributed by atoms with E-state index in [9.17, 15) is 8.42 Å². The Bertz CT molecular complexity index is 708. The molecular formula is C17H28N6O2S. The summed E-state index contributed by atoms with van der Waals surface area (Å²) in [7, 11) is -3.29. The first-order valence-electron chi connectivity index (χ1n) is 9.67. The highest BCUT2D eigenvalue weighted by Gasteiger charge is 2.34. The number of piperazine rings is 1. The quantitative estimate of drug-likeness (QED) is 0.815. The van der Waals surface area contributed by atoms with Gasteiger partial charge in [0.25, 0.3) is 10.2 Å². The Morgan fingerprint density at radius 2 is 1.58 bits per heavy atom. The fourth-order valence-corrected chi connectivity index (χ4v) is 5.78. The van der Waals surface area contributed by atoms with E-state index in [0.29, 0.717) is 45.2 Å². The molecule has 3 aliphatic rings. The molecule has 0 spiro atoms. The third-order valence-electron chi connectivity index (χ3n) is 5.71. The maximum atomic E-state index is 12.7. The molecule has 0 aliphatic carbocycles. The Hall–Kier alpha value is -1.29. The highest BCUT2D eigenvalue weighted by Crippen LogP contribution is 2.26. The second-order valence-electron chi connectivity index (χ2n) is 7.33. The molecule has 26 heavy (non-hydrogen) atoms. The molecular weight excluding hydrogens is 352 g/mol. The van der Waals surface area contributed by atoms with Gasteiger partial charge in [0, 0.05) is 56.9 Å². The van der Waals surface area contributed by atoms with Crippen molar-refractivity contribution in [3.63, 3.8) is 0 Å². The monoisotopic (exact) mass is 380 g/mol. The maximum absolute atomic E-state index is 12.7. The minimum absolute atomic E-state index is 0.495. The summed E-state index contributed by atoms with van der Waals surface area (Å²) >= 11 is 0. The molecule has 0 atom stereocenters. The summed E-state index contributed by atoms with van der Waals surface area (Å²) < 4.78 is 28.6. The van der Waals surface area contributed by atoms with Crippen LogP contribution in [0, 0.1) is 0 Å². The van der Waals surface area contributed by atoms with E-state index in [1.54, 1.807) is 14.9 Å². The van der Waals surface area contributed by atoms with Crippen LogP contribution in [-0.4, -0.2) is 79.4 Å². The van der Waals surface area contributed by atoms with Crippen molar-refractivity contribution in [2.75, 3.05) is 57.3 Å². The van der Waals surface area contributed by atoms with Crippen molar-refractivity contribution in [3.8, 4) is 0 Å². The first kappa shape index (κ1) is 18.1. The number of aromatic nitrogens is 2. The normalized spacial score (nSPS) is 24.2. The van der Waals surface area contributed by atoms with E-state index < -0.39 is 10.2 Å². The fraction of sp³-hybridized carbons (Fsp3) is 0.765. The van der Waals surface area contributed by atoms with Crippen molar-refractivity contribution in [1.29, 1.82) is 0 Å². The van der Waals surface area contributed by atoms with Crippen molar-refractivity contribution in [1.82, 2.24) is 23.9 Å². The molecule has 4 rings (SSSR count). The van der Waals surface area contributed by atoms with Gasteiger partial charge in [0.15, 0.2) is 0 Å². The Kier molecular flexibility index (Phi) is 5.40. The van der Waals surface area contributed by atoms with Crippen LogP contribution >= 0.6 is 0 Å². The van der Waals surface area contributed by atoms with Crippen LogP contribution in [0.5, 0.6) is 0 Å². The molecule has 1 aromatic rings. The average Bonchev–Trinajstić information content (AvgIpc) is 3.25. The topological polar surface area (TPSA) is 81.7 Å². The van der Waals surface area contributed by atoms with Gasteiger partial charge in [-0.25, -0.2) is 9.97 Å². The molecule has 1 N–H and O–H groups in total. The summed E-state index contributed by atoms with van der Waals surface area (Å²) in [5.41, 5.74) is 1.11. The van der Waals surface area contributed by atoms with Crippen LogP contribution in [0.25, 0.3) is 0 Å². The third-order valence-corrected chi connectivity index (χ3v) is 7.75. The SMILES string of the molecule is O=S(=O)(N1CCCC1)N1CCN(c2cc(C3CCNCC3)ncn2)CC1. The molecule has 9 heteroatoms. The lowest BCUT2D eigenvalue weighted by molar-refractivity contribution is 0.343. The minimum atomic E-state index is -3.29. The molecule has 0 bridgehead atoms. The smallest absolute Gasteiger partial charge is 0.282 e. The second-order valence-corrected chi connectivity index (χ2v) is 9.25. The first-order valence-corrected chi connectivity index (χ1v) is 11.1. The molecule has 4 heterocycles. The van der Waals surface area contributed by atoms with Crippen LogP contribution < -0.4 is 10.2 Å². The van der Waals surface area contributed by atoms with E-state index in [1.165, 1.54) is 0 Å². The predicted octanol–water partition coefficient (Wildman–Crippen LogP) is 0.406. The van der Waals surface area contributed by atoms with Crippen molar-refractivity contribution >= 4 is 16.0 Å². The number of anilines is 1. The zero-order valence-electron chi connectivity index (χ0n) is 15.2. The van der Waals surface area contributed by atoms with Gasteiger partial charge in [-0.15, -0.1) is 0 Å². The number of nitrogens with one attached hydrogen (secondary N) is 1. The Morgan fingerprint density at radius 1 is 0.923 bits per heavy atom. The highest BCUT2D eigenvalue weighted by molar-refractivity contribution is 7.86. The summed E-state index contributed by atoms with van der Waals surface area (Å²) in [6, 6.07) is 2.10. The van der Waals surface area contributed by atoms with Gasteiger partial charge in [-0.3, -0.25) is 0 Å². The highest BCUT2D eigenvalue weighted by atomic mass is 32.2. The fourth-order valence-electron chi connectivity index (χ4n) is 4.11. The summed E-state index contributed by atoms with van der Waals surface area (Å²) in [4.78, 5) is 11.1. The summed E-state index contributed by atoms with van der Waals surface area (Å²) in [5.74, 6) is 1.42. The summed E-state index contributed by atoms with van der Waals surface area (Å²) in [6.07, 6.45) is 5.82. The molecule has 0 aromatic carbocycles. The number of nitrogens with zero attached hydrogens (tertiary/aromatic N) is 5. The Balaban J connectivity index is 1.40. The molecule has 3 saturated heterocycles. The van der Waals surface area contributed by atoms with Crippen LogP contribution in [0.15, 0.2) is 12.4 Å². The van der Waals surface area contributed by atoms with E-state index in [0.717, 1.165) is 50.3 Å². The molecule has 1 aromatic heterocycles. The molecule has 0 unspecified atom stereocenters. The van der Waals surface area contributed by atoms with Crippen LogP contribution in [0.1, 0.15) is 37.3 Å². The van der Waals surface area contributed by atoms with Crippen molar-refractivity contribution < 1.29 is 8.42 Å². The lowest BCUT2D eigenvalue weighted by atomic mass is 9.94. The number of rotatable bonds is 4. The Morgan fingerprint density at radius 3 is 2.27 bits per heavy atom. The Labute approximate surface area is 155 Å². The van der Waals surface area contributed by atoms with Gasteiger partial charge in [0.1, 0.15) is 12.1 Å². The van der Waals surface area contributed by atoms with Gasteiger partial charge in [-0.05, 0) is 38.8 Å². The van der Waals surface area contributed by atoms with Crippen molar-refractivity contribution in [2.45, 2.75) is 31.6 Å². The zero-order chi connectivity index (χ0) is 18.0. The molecule has 8 nitrogen and oxygen atoms in total. The van der Waals surface area contributed by atoms with Crippen LogP contribution in [0.2, 0.25) is 0 Å². The maximum Gasteiger partial charge on any atom is 0.282 e. The van der Waals surface area contributed by atoms with Gasteiger partial charge in [0.2, 0.25) is 0 Å². The lowest BCUT2D eigenvalue weighted by Crippen LogP contribution is -2.52. The molecule has 3 aliphatic heterocycles. The van der Waals surface area contributed by atoms with Crippen molar-refractivity contribution in [2.24, 2.45) is 0 Å². The third kappa shape index (κ3) is 3.71. The number of hydrogen-bond acceptors (Lipinski definition) is 6. The molecule has 144 valence electrons. The predicted molar refractivity (Wildman–Crippen MR) is 100 cm³/mol. The van der Waals surface area contributed by atoms with Crippen LogP contribution in [0.3, 0.4) is 0 Å². The van der Waals surface area contributed by atoms with Crippen LogP contribution in [-0.2, 0) is 10.2 Å². The number of hydrogen-bond donors (Lipinski definition) is 1. The van der Waals surface area contributed by atoms with E-state index >= 15 is 0 Å². The van der Waals surface area contributed by atoms with Gasteiger partial charge in [-0.1, -0.05) is 0 Å². The zero-order valence-corrected chi connectivity index (χ0v) is 16.0. The molecule has 3 fully saturated rings. The standard InChI is InChI=1S/C17H28N6O2S/c24-26(25,22-7-1-2-8-22)23-11-9-21(10-12-23)17-13-16(19-14-20-17)15-3-5-18-6-4-15/h13-15,18H,1-12H2. The van der Waals surface area contributed by atoms with Crippen molar-refractivity contribution in [3.05, 3.63) is 18.1 Å². The van der Waals surface area contributed by atoms with E-state index in [2.05, 4.69) is 26.3 Å².